The molecule has 0 bridgehead atoms. The molecule has 0 radical (unpaired) electrons. The minimum Gasteiger partial charge on any atom is -0.354 e. The van der Waals surface area contributed by atoms with Crippen molar-refractivity contribution in [3.8, 4) is 0 Å². The first-order chi connectivity index (χ1) is 15.8. The number of nitrogens with one attached hydrogen (secondary N) is 1. The minimum atomic E-state index is -3.97. The van der Waals surface area contributed by atoms with E-state index in [9.17, 15) is 13.2 Å². The quantitative estimate of drug-likeness (QED) is 0.295. The summed E-state index contributed by atoms with van der Waals surface area (Å²) in [4.78, 5) is 14.0. The second-order valence-electron chi connectivity index (χ2n) is 7.57. The van der Waals surface area contributed by atoms with Crippen molar-refractivity contribution in [2.24, 2.45) is 0 Å². The molecule has 3 aromatic carbocycles. The van der Waals surface area contributed by atoms with Gasteiger partial charge in [-0.05, 0) is 68.0 Å². The van der Waals surface area contributed by atoms with Crippen molar-refractivity contribution in [2.75, 3.05) is 23.1 Å². The normalized spacial score (nSPS) is 11.2. The zero-order valence-electron chi connectivity index (χ0n) is 18.6. The van der Waals surface area contributed by atoms with Crippen LogP contribution in [0.4, 0.5) is 5.69 Å². The van der Waals surface area contributed by atoms with Gasteiger partial charge in [0.15, 0.2) is 0 Å². The lowest BCUT2D eigenvalue weighted by molar-refractivity contribution is -0.119. The zero-order chi connectivity index (χ0) is 23.8. The number of thioether (sulfide) groups is 1. The Bertz CT molecular complexity index is 1180. The van der Waals surface area contributed by atoms with E-state index < -0.39 is 10.0 Å². The molecule has 0 aliphatic heterocycles. The molecule has 174 valence electrons. The standard InChI is InChI=1S/C25H27ClN2O3S2/c1-19-12-14-22(15-13-19)33(30,31)28(24-11-6-10-23(26)20(24)2)18-25(29)27-16-7-17-32-21-8-4-3-5-9-21/h3-6,8-15H,7,16-18H2,1-2H3,(H,27,29). The van der Waals surface area contributed by atoms with Crippen LogP contribution in [0.2, 0.25) is 5.02 Å². The predicted octanol–water partition coefficient (Wildman–Crippen LogP) is 5.45. The number of benzene rings is 3. The summed E-state index contributed by atoms with van der Waals surface area (Å²) >= 11 is 7.97. The molecular weight excluding hydrogens is 476 g/mol. The number of carbonyl (C=O) groups is 1. The van der Waals surface area contributed by atoms with Crippen molar-refractivity contribution >= 4 is 45.0 Å². The fourth-order valence-electron chi connectivity index (χ4n) is 3.20. The van der Waals surface area contributed by atoms with Gasteiger partial charge in [-0.2, -0.15) is 0 Å². The van der Waals surface area contributed by atoms with Crippen molar-refractivity contribution in [3.05, 3.63) is 88.9 Å². The molecule has 0 fully saturated rings. The number of hydrogen-bond donors (Lipinski definition) is 1. The monoisotopic (exact) mass is 502 g/mol. The van der Waals surface area contributed by atoms with Crippen LogP contribution in [0.1, 0.15) is 17.5 Å². The van der Waals surface area contributed by atoms with E-state index >= 15 is 0 Å². The van der Waals surface area contributed by atoms with Crippen molar-refractivity contribution in [2.45, 2.75) is 30.1 Å². The molecule has 0 spiro atoms. The van der Waals surface area contributed by atoms with E-state index in [1.54, 1.807) is 61.2 Å². The molecule has 1 amide bonds. The van der Waals surface area contributed by atoms with Crippen LogP contribution in [-0.4, -0.2) is 33.2 Å². The SMILES string of the molecule is Cc1ccc(S(=O)(=O)N(CC(=O)NCCCSc2ccccc2)c2cccc(Cl)c2C)cc1. The Morgan fingerprint density at radius 2 is 1.67 bits per heavy atom. The summed E-state index contributed by atoms with van der Waals surface area (Å²) < 4.78 is 28.1. The molecule has 0 aromatic heterocycles. The van der Waals surface area contributed by atoms with Gasteiger partial charge in [0.05, 0.1) is 10.6 Å². The molecule has 0 unspecified atom stereocenters. The Labute approximate surface area is 205 Å². The van der Waals surface area contributed by atoms with Gasteiger partial charge in [-0.1, -0.05) is 53.6 Å². The summed E-state index contributed by atoms with van der Waals surface area (Å²) in [5.74, 6) is 0.484. The molecule has 0 saturated heterocycles. The van der Waals surface area contributed by atoms with E-state index in [0.717, 1.165) is 22.0 Å². The number of halogens is 1. The Morgan fingerprint density at radius 1 is 0.970 bits per heavy atom. The molecule has 5 nitrogen and oxygen atoms in total. The Morgan fingerprint density at radius 3 is 2.36 bits per heavy atom. The minimum absolute atomic E-state index is 0.125. The highest BCUT2D eigenvalue weighted by Gasteiger charge is 2.28. The van der Waals surface area contributed by atoms with Crippen LogP contribution in [0, 0.1) is 13.8 Å². The number of hydrogen-bond acceptors (Lipinski definition) is 4. The Kier molecular flexibility index (Phi) is 8.83. The van der Waals surface area contributed by atoms with Crippen LogP contribution in [0.15, 0.2) is 82.6 Å². The molecule has 0 saturated carbocycles. The first-order valence-corrected chi connectivity index (χ1v) is 13.4. The second kappa shape index (κ2) is 11.6. The van der Waals surface area contributed by atoms with Gasteiger partial charge in [0.1, 0.15) is 6.54 Å². The number of amides is 1. The second-order valence-corrected chi connectivity index (χ2v) is 11.0. The third-order valence-corrected chi connectivity index (χ3v) is 8.34. The number of anilines is 1. The summed E-state index contributed by atoms with van der Waals surface area (Å²) in [6.45, 7) is 3.77. The van der Waals surface area contributed by atoms with Gasteiger partial charge in [0.25, 0.3) is 10.0 Å². The van der Waals surface area contributed by atoms with Gasteiger partial charge >= 0.3 is 0 Å². The van der Waals surface area contributed by atoms with Crippen LogP contribution in [0.3, 0.4) is 0 Å². The molecule has 33 heavy (non-hydrogen) atoms. The van der Waals surface area contributed by atoms with Crippen molar-refractivity contribution in [1.29, 1.82) is 0 Å². The van der Waals surface area contributed by atoms with Gasteiger partial charge in [-0.3, -0.25) is 9.10 Å². The Hall–Kier alpha value is -2.48. The lowest BCUT2D eigenvalue weighted by atomic mass is 10.2. The van der Waals surface area contributed by atoms with Crippen LogP contribution in [0.25, 0.3) is 0 Å². The number of aryl methyl sites for hydroxylation is 1. The molecule has 0 atom stereocenters. The maximum absolute atomic E-state index is 13.5. The largest absolute Gasteiger partial charge is 0.354 e. The van der Waals surface area contributed by atoms with Crippen molar-refractivity contribution < 1.29 is 13.2 Å². The molecular formula is C25H27ClN2O3S2. The van der Waals surface area contributed by atoms with Gasteiger partial charge in [0.2, 0.25) is 5.91 Å². The summed E-state index contributed by atoms with van der Waals surface area (Å²) in [6, 6.07) is 21.7. The smallest absolute Gasteiger partial charge is 0.264 e. The first kappa shape index (κ1) is 25.1. The predicted molar refractivity (Wildman–Crippen MR) is 137 cm³/mol. The van der Waals surface area contributed by atoms with E-state index in [0.29, 0.717) is 22.8 Å². The van der Waals surface area contributed by atoms with E-state index in [-0.39, 0.29) is 17.3 Å². The number of nitrogens with zero attached hydrogens (tertiary/aromatic N) is 1. The average molecular weight is 503 g/mol. The van der Waals surface area contributed by atoms with Gasteiger partial charge in [0, 0.05) is 16.5 Å². The summed E-state index contributed by atoms with van der Waals surface area (Å²) in [5, 5.41) is 3.28. The van der Waals surface area contributed by atoms with Crippen LogP contribution in [0.5, 0.6) is 0 Å². The number of carbonyl (C=O) groups excluding carboxylic acids is 1. The fourth-order valence-corrected chi connectivity index (χ4v) is 5.72. The molecule has 8 heteroatoms. The first-order valence-electron chi connectivity index (χ1n) is 10.6. The van der Waals surface area contributed by atoms with E-state index in [1.807, 2.05) is 37.3 Å². The average Bonchev–Trinajstić information content (AvgIpc) is 2.80. The fraction of sp³-hybridized carbons (Fsp3) is 0.240. The van der Waals surface area contributed by atoms with Crippen LogP contribution < -0.4 is 9.62 Å². The number of rotatable bonds is 10. The van der Waals surface area contributed by atoms with Gasteiger partial charge in [-0.15, -0.1) is 11.8 Å². The third kappa shape index (κ3) is 6.76. The highest BCUT2D eigenvalue weighted by Crippen LogP contribution is 2.30. The molecule has 0 aliphatic rings. The van der Waals surface area contributed by atoms with E-state index in [4.69, 9.17) is 11.6 Å². The van der Waals surface area contributed by atoms with E-state index in [1.165, 1.54) is 4.90 Å². The van der Waals surface area contributed by atoms with Gasteiger partial charge in [-0.25, -0.2) is 8.42 Å². The number of sulfonamides is 1. The third-order valence-electron chi connectivity index (χ3n) is 5.06. The Balaban J connectivity index is 1.71. The van der Waals surface area contributed by atoms with E-state index in [2.05, 4.69) is 5.32 Å². The summed E-state index contributed by atoms with van der Waals surface area (Å²) in [7, 11) is -3.97. The lowest BCUT2D eigenvalue weighted by Crippen LogP contribution is -2.41. The summed E-state index contributed by atoms with van der Waals surface area (Å²) in [5.41, 5.74) is 1.94. The molecule has 0 heterocycles. The molecule has 3 rings (SSSR count). The van der Waals surface area contributed by atoms with Crippen LogP contribution >= 0.6 is 23.4 Å². The lowest BCUT2D eigenvalue weighted by Gasteiger charge is -2.26. The maximum atomic E-state index is 13.5. The zero-order valence-corrected chi connectivity index (χ0v) is 21.0. The molecule has 3 aromatic rings. The highest BCUT2D eigenvalue weighted by molar-refractivity contribution is 7.99. The highest BCUT2D eigenvalue weighted by atomic mass is 35.5. The van der Waals surface area contributed by atoms with Crippen molar-refractivity contribution in [3.63, 3.8) is 0 Å². The van der Waals surface area contributed by atoms with Gasteiger partial charge < -0.3 is 5.32 Å². The van der Waals surface area contributed by atoms with Crippen LogP contribution in [-0.2, 0) is 14.8 Å². The molecule has 1 N–H and O–H groups in total. The van der Waals surface area contributed by atoms with Crippen molar-refractivity contribution in [1.82, 2.24) is 5.32 Å². The summed E-state index contributed by atoms with van der Waals surface area (Å²) in [6.07, 6.45) is 0.770. The molecule has 0 aliphatic carbocycles. The topological polar surface area (TPSA) is 66.5 Å². The maximum Gasteiger partial charge on any atom is 0.264 e.